The fraction of sp³-hybridized carbons (Fsp3) is 0.600. The van der Waals surface area contributed by atoms with Gasteiger partial charge in [-0.1, -0.05) is 27.7 Å². The third kappa shape index (κ3) is 27.1. The zero-order valence-corrected chi connectivity index (χ0v) is 51.7. The molecule has 4 aromatic carbocycles. The van der Waals surface area contributed by atoms with Gasteiger partial charge in [0, 0.05) is 0 Å². The summed E-state index contributed by atoms with van der Waals surface area (Å²) in [6.07, 6.45) is 26.7. The molecular formula is C60H91FI2O10S2. The maximum atomic E-state index is 16.1. The van der Waals surface area contributed by atoms with Crippen LogP contribution in [0.4, 0.5) is 4.39 Å². The van der Waals surface area contributed by atoms with Crippen LogP contribution < -0.4 is 18.9 Å². The molecular weight excluding hydrogens is 1220 g/mol. The normalized spacial score (nSPS) is 12.6. The molecule has 0 amide bonds. The van der Waals surface area contributed by atoms with Gasteiger partial charge >= 0.3 is 445 Å². The summed E-state index contributed by atoms with van der Waals surface area (Å²) in [7, 11) is -9.05. The van der Waals surface area contributed by atoms with E-state index in [0.29, 0.717) is 56.6 Å². The number of alkyl halides is 1. The van der Waals surface area contributed by atoms with E-state index in [2.05, 4.69) is 27.7 Å². The van der Waals surface area contributed by atoms with Crippen LogP contribution in [-0.4, -0.2) is 54.5 Å². The standard InChI is InChI=1S/C60H91FI2O10S2/c1-5-9-13-17-21-25-47-68-56-39-31-52(32-40-56)62(53-33-41-57(42-34-53)69-48-26-22-18-14-10-6-2)72-74(64,65)51-29-30-60(61)75(66,67)73-63(54-35-43-58(44-36-54)70-49-27-23-19-15-11-7-3)55-37-45-59(46-38-55)71-50-28-24-20-16-12-8-4/h31-46,60H,5-30,47-51H2,1-4H3. The van der Waals surface area contributed by atoms with Crippen LogP contribution in [0, 0.1) is 14.3 Å². The van der Waals surface area contributed by atoms with Crippen LogP contribution in [0.1, 0.15) is 195 Å². The molecule has 0 aromatic heterocycles. The second-order valence-corrected chi connectivity index (χ2v) is 32.5. The first-order valence-electron chi connectivity index (χ1n) is 28.3. The van der Waals surface area contributed by atoms with Crippen LogP contribution in [0.5, 0.6) is 23.0 Å². The number of hydrogen-bond donors (Lipinski definition) is 0. The fourth-order valence-corrected chi connectivity index (χ4v) is 22.2. The molecule has 0 bridgehead atoms. The van der Waals surface area contributed by atoms with Gasteiger partial charge in [0.25, 0.3) is 0 Å². The van der Waals surface area contributed by atoms with E-state index < -0.39 is 78.4 Å². The van der Waals surface area contributed by atoms with Gasteiger partial charge in [0.2, 0.25) is 0 Å². The minimum atomic E-state index is -4.80. The molecule has 1 unspecified atom stereocenters. The van der Waals surface area contributed by atoms with Crippen molar-refractivity contribution in [2.45, 2.75) is 200 Å². The Morgan fingerprint density at radius 1 is 0.360 bits per heavy atom. The Bertz CT molecular complexity index is 2160. The number of rotatable bonds is 45. The summed E-state index contributed by atoms with van der Waals surface area (Å²) in [4.78, 5) is 0. The molecule has 15 heteroatoms. The van der Waals surface area contributed by atoms with Crippen molar-refractivity contribution in [1.82, 2.24) is 0 Å². The first-order chi connectivity index (χ1) is 36.5. The second-order valence-electron chi connectivity index (χ2n) is 19.2. The molecule has 75 heavy (non-hydrogen) atoms. The first-order valence-corrected chi connectivity index (χ1v) is 37.4. The average Bonchev–Trinajstić information content (AvgIpc) is 3.41. The van der Waals surface area contributed by atoms with Gasteiger partial charge in [-0.2, -0.15) is 0 Å². The van der Waals surface area contributed by atoms with E-state index in [1.54, 1.807) is 48.5 Å². The van der Waals surface area contributed by atoms with Crippen LogP contribution in [0.25, 0.3) is 0 Å². The van der Waals surface area contributed by atoms with E-state index in [-0.39, 0.29) is 6.42 Å². The summed E-state index contributed by atoms with van der Waals surface area (Å²) in [5, 5.41) is 0. The second kappa shape index (κ2) is 38.8. The molecule has 0 fully saturated rings. The number of halogens is 3. The van der Waals surface area contributed by atoms with E-state index in [1.165, 1.54) is 103 Å². The Balaban J connectivity index is 1.43. The van der Waals surface area contributed by atoms with Gasteiger partial charge in [-0.05, 0) is 0 Å². The Hall–Kier alpha value is -2.71. The van der Waals surface area contributed by atoms with Crippen molar-refractivity contribution >= 4 is 60.7 Å². The topological polar surface area (TPSA) is 124 Å². The number of unbranched alkanes of at least 4 members (excludes halogenated alkanes) is 20. The van der Waals surface area contributed by atoms with Crippen molar-refractivity contribution in [3.05, 3.63) is 111 Å². The molecule has 0 radical (unpaired) electrons. The van der Waals surface area contributed by atoms with Crippen LogP contribution in [-0.2, 0) is 25.3 Å². The Morgan fingerprint density at radius 3 is 0.893 bits per heavy atom. The van der Waals surface area contributed by atoms with Crippen molar-refractivity contribution in [2.24, 2.45) is 0 Å². The average molecular weight is 1310 g/mol. The molecule has 4 aromatic rings. The van der Waals surface area contributed by atoms with Crippen molar-refractivity contribution in [2.75, 3.05) is 32.2 Å². The van der Waals surface area contributed by atoms with E-state index >= 15 is 4.39 Å². The monoisotopic (exact) mass is 1310 g/mol. The molecule has 0 aliphatic rings. The van der Waals surface area contributed by atoms with Gasteiger partial charge in [-0.25, -0.2) is 0 Å². The van der Waals surface area contributed by atoms with Crippen LogP contribution >= 0.6 is 40.5 Å². The fourth-order valence-electron chi connectivity index (χ4n) is 8.09. The summed E-state index contributed by atoms with van der Waals surface area (Å²) in [5.74, 6) is 2.15. The summed E-state index contributed by atoms with van der Waals surface area (Å²) >= 11 is -6.43. The van der Waals surface area contributed by atoms with Crippen molar-refractivity contribution < 1.29 is 45.2 Å². The van der Waals surface area contributed by atoms with Crippen LogP contribution in [0.2, 0.25) is 0 Å². The molecule has 424 valence electrons. The zero-order chi connectivity index (χ0) is 53.8. The van der Waals surface area contributed by atoms with E-state index in [4.69, 9.17) is 24.0 Å². The molecule has 1 atom stereocenters. The van der Waals surface area contributed by atoms with E-state index in [9.17, 15) is 16.8 Å². The SMILES string of the molecule is CCCCCCCCOc1ccc(I(OS(=O)(=O)CCCC(F)S(=O)(=O)OI(c2ccc(OCCCCCCCC)cc2)c2ccc(OCCCCCCCC)cc2)c2ccc(OCCCCCCCC)cc2)cc1. The molecule has 0 aliphatic carbocycles. The van der Waals surface area contributed by atoms with Crippen molar-refractivity contribution in [1.29, 1.82) is 0 Å². The first kappa shape index (κ1) is 64.8. The molecule has 0 aliphatic heterocycles. The third-order valence-corrected chi connectivity index (χ3v) is 27.5. The minimum absolute atomic E-state index is 0.296. The van der Waals surface area contributed by atoms with E-state index in [1.807, 2.05) is 48.5 Å². The Kier molecular flexibility index (Phi) is 33.5. The molecule has 0 spiro atoms. The van der Waals surface area contributed by atoms with Crippen molar-refractivity contribution in [3.63, 3.8) is 0 Å². The summed E-state index contributed by atoms with van der Waals surface area (Å²) in [6, 6.07) is 29.2. The summed E-state index contributed by atoms with van der Waals surface area (Å²) in [5.41, 5.74) is -2.46. The van der Waals surface area contributed by atoms with Crippen LogP contribution in [0.15, 0.2) is 97.1 Å². The Labute approximate surface area is 468 Å². The quantitative estimate of drug-likeness (QED) is 0.0312. The number of ether oxygens (including phenoxy) is 4. The van der Waals surface area contributed by atoms with Crippen molar-refractivity contribution in [3.8, 4) is 23.0 Å². The summed E-state index contributed by atoms with van der Waals surface area (Å²) < 4.78 is 110. The van der Waals surface area contributed by atoms with E-state index in [0.717, 1.165) is 58.5 Å². The van der Waals surface area contributed by atoms with Crippen LogP contribution in [0.3, 0.4) is 0 Å². The molecule has 0 saturated carbocycles. The van der Waals surface area contributed by atoms with Gasteiger partial charge in [0.05, 0.1) is 0 Å². The third-order valence-electron chi connectivity index (χ3n) is 12.6. The molecule has 0 heterocycles. The van der Waals surface area contributed by atoms with Gasteiger partial charge in [-0.3, -0.25) is 0 Å². The Morgan fingerprint density at radius 2 is 0.613 bits per heavy atom. The summed E-state index contributed by atoms with van der Waals surface area (Å²) in [6.45, 7) is 11.2. The number of hydrogen-bond acceptors (Lipinski definition) is 10. The molecule has 0 N–H and O–H groups in total. The molecule has 0 saturated heterocycles. The van der Waals surface area contributed by atoms with Gasteiger partial charge in [0.15, 0.2) is 0 Å². The zero-order valence-electron chi connectivity index (χ0n) is 45.8. The maximum absolute atomic E-state index is 16.1. The van der Waals surface area contributed by atoms with Gasteiger partial charge in [0.1, 0.15) is 0 Å². The number of benzene rings is 4. The molecule has 4 rings (SSSR count). The van der Waals surface area contributed by atoms with Gasteiger partial charge < -0.3 is 0 Å². The van der Waals surface area contributed by atoms with Gasteiger partial charge in [-0.15, -0.1) is 0 Å². The predicted molar refractivity (Wildman–Crippen MR) is 323 cm³/mol. The molecule has 10 nitrogen and oxygen atoms in total. The predicted octanol–water partition coefficient (Wildman–Crippen LogP) is 18.0.